The molecule has 0 saturated heterocycles. The SMILES string of the molecule is Nc1ccc(Cn2cc(C(F)(F)F)cn2)cc1F. The van der Waals surface area contributed by atoms with Gasteiger partial charge in [0.05, 0.1) is 24.0 Å². The maximum Gasteiger partial charge on any atom is 0.419 e. The van der Waals surface area contributed by atoms with Gasteiger partial charge in [0.15, 0.2) is 0 Å². The average Bonchev–Trinajstić information content (AvgIpc) is 2.72. The third kappa shape index (κ3) is 2.61. The summed E-state index contributed by atoms with van der Waals surface area (Å²) in [6.07, 6.45) is -2.83. The number of alkyl halides is 3. The Kier molecular flexibility index (Phi) is 2.98. The predicted molar refractivity (Wildman–Crippen MR) is 57.1 cm³/mol. The smallest absolute Gasteiger partial charge is 0.396 e. The minimum atomic E-state index is -4.43. The molecular weight excluding hydrogens is 250 g/mol. The monoisotopic (exact) mass is 259 g/mol. The summed E-state index contributed by atoms with van der Waals surface area (Å²) in [7, 11) is 0. The predicted octanol–water partition coefficient (Wildman–Crippen LogP) is 2.67. The van der Waals surface area contributed by atoms with E-state index in [2.05, 4.69) is 5.10 Å². The van der Waals surface area contributed by atoms with Crippen molar-refractivity contribution in [3.05, 3.63) is 47.5 Å². The molecule has 0 amide bonds. The zero-order chi connectivity index (χ0) is 13.3. The van der Waals surface area contributed by atoms with Crippen LogP contribution >= 0.6 is 0 Å². The van der Waals surface area contributed by atoms with Crippen LogP contribution in [0.25, 0.3) is 0 Å². The molecule has 0 radical (unpaired) electrons. The Morgan fingerprint density at radius 1 is 1.28 bits per heavy atom. The van der Waals surface area contributed by atoms with Crippen LogP contribution in [0.5, 0.6) is 0 Å². The van der Waals surface area contributed by atoms with Gasteiger partial charge in [0.25, 0.3) is 0 Å². The van der Waals surface area contributed by atoms with Gasteiger partial charge in [-0.1, -0.05) is 6.07 Å². The molecule has 0 spiro atoms. The summed E-state index contributed by atoms with van der Waals surface area (Å²) in [5.41, 5.74) is 4.94. The minimum Gasteiger partial charge on any atom is -0.396 e. The third-order valence-electron chi connectivity index (χ3n) is 2.37. The third-order valence-corrected chi connectivity index (χ3v) is 2.37. The first-order chi connectivity index (χ1) is 8.36. The van der Waals surface area contributed by atoms with Crippen LogP contribution in [0, 0.1) is 5.82 Å². The fourth-order valence-electron chi connectivity index (χ4n) is 1.45. The van der Waals surface area contributed by atoms with Crippen molar-refractivity contribution in [2.24, 2.45) is 0 Å². The van der Waals surface area contributed by atoms with Gasteiger partial charge in [-0.3, -0.25) is 4.68 Å². The molecule has 0 bridgehead atoms. The Labute approximate surface area is 99.8 Å². The standard InChI is InChI=1S/C11H9F4N3/c12-9-3-7(1-2-10(9)16)5-18-6-8(4-17-18)11(13,14)15/h1-4,6H,5,16H2. The summed E-state index contributed by atoms with van der Waals surface area (Å²) in [6, 6.07) is 4.07. The second-order valence-corrected chi connectivity index (χ2v) is 3.78. The maximum atomic E-state index is 13.1. The molecule has 0 aliphatic carbocycles. The number of benzene rings is 1. The fraction of sp³-hybridized carbons (Fsp3) is 0.182. The molecule has 0 aliphatic rings. The lowest BCUT2D eigenvalue weighted by atomic mass is 10.2. The largest absolute Gasteiger partial charge is 0.419 e. The number of hydrogen-bond acceptors (Lipinski definition) is 2. The second-order valence-electron chi connectivity index (χ2n) is 3.78. The number of hydrogen-bond donors (Lipinski definition) is 1. The lowest BCUT2D eigenvalue weighted by molar-refractivity contribution is -0.137. The number of anilines is 1. The van der Waals surface area contributed by atoms with Gasteiger partial charge in [-0.2, -0.15) is 18.3 Å². The summed E-state index contributed by atoms with van der Waals surface area (Å²) in [6.45, 7) is 0.0489. The highest BCUT2D eigenvalue weighted by molar-refractivity contribution is 5.41. The van der Waals surface area contributed by atoms with E-state index in [1.165, 1.54) is 18.2 Å². The Balaban J connectivity index is 2.19. The molecule has 1 aromatic carbocycles. The number of aromatic nitrogens is 2. The summed E-state index contributed by atoms with van der Waals surface area (Å²) < 4.78 is 51.2. The van der Waals surface area contributed by atoms with E-state index < -0.39 is 17.6 Å². The van der Waals surface area contributed by atoms with Crippen molar-refractivity contribution >= 4 is 5.69 Å². The van der Waals surface area contributed by atoms with Crippen molar-refractivity contribution in [1.82, 2.24) is 9.78 Å². The van der Waals surface area contributed by atoms with Gasteiger partial charge < -0.3 is 5.73 Å². The lowest BCUT2D eigenvalue weighted by Gasteiger charge is -2.04. The van der Waals surface area contributed by atoms with Crippen LogP contribution in [-0.2, 0) is 12.7 Å². The van der Waals surface area contributed by atoms with E-state index >= 15 is 0 Å². The molecular formula is C11H9F4N3. The first-order valence-electron chi connectivity index (χ1n) is 5.00. The first-order valence-corrected chi connectivity index (χ1v) is 5.00. The van der Waals surface area contributed by atoms with Crippen LogP contribution in [-0.4, -0.2) is 9.78 Å². The van der Waals surface area contributed by atoms with Crippen LogP contribution in [0.2, 0.25) is 0 Å². The molecule has 2 rings (SSSR count). The van der Waals surface area contributed by atoms with Gasteiger partial charge >= 0.3 is 6.18 Å². The normalized spacial score (nSPS) is 11.8. The number of nitrogens with two attached hydrogens (primary N) is 1. The Morgan fingerprint density at radius 2 is 2.00 bits per heavy atom. The van der Waals surface area contributed by atoms with E-state index in [0.29, 0.717) is 5.56 Å². The molecule has 96 valence electrons. The summed E-state index contributed by atoms with van der Waals surface area (Å²) >= 11 is 0. The quantitative estimate of drug-likeness (QED) is 0.665. The van der Waals surface area contributed by atoms with E-state index in [1.54, 1.807) is 0 Å². The zero-order valence-electron chi connectivity index (χ0n) is 9.08. The topological polar surface area (TPSA) is 43.8 Å². The number of halogens is 4. The minimum absolute atomic E-state index is 0.00445. The molecule has 0 unspecified atom stereocenters. The second kappa shape index (κ2) is 4.32. The molecule has 2 aromatic rings. The fourth-order valence-corrected chi connectivity index (χ4v) is 1.45. The van der Waals surface area contributed by atoms with Crippen LogP contribution in [0.15, 0.2) is 30.6 Å². The molecule has 2 N–H and O–H groups in total. The van der Waals surface area contributed by atoms with Crippen molar-refractivity contribution in [2.75, 3.05) is 5.73 Å². The van der Waals surface area contributed by atoms with Crippen molar-refractivity contribution in [2.45, 2.75) is 12.7 Å². The number of nitrogen functional groups attached to an aromatic ring is 1. The number of nitrogens with zero attached hydrogens (tertiary/aromatic N) is 2. The van der Waals surface area contributed by atoms with Crippen molar-refractivity contribution < 1.29 is 17.6 Å². The number of rotatable bonds is 2. The van der Waals surface area contributed by atoms with Gasteiger partial charge in [0.2, 0.25) is 0 Å². The van der Waals surface area contributed by atoms with Gasteiger partial charge in [0, 0.05) is 6.20 Å². The molecule has 1 aromatic heterocycles. The molecule has 0 fully saturated rings. The van der Waals surface area contributed by atoms with E-state index in [4.69, 9.17) is 5.73 Å². The van der Waals surface area contributed by atoms with E-state index in [-0.39, 0.29) is 12.2 Å². The van der Waals surface area contributed by atoms with Gasteiger partial charge in [-0.25, -0.2) is 4.39 Å². The summed E-state index contributed by atoms with van der Waals surface area (Å²) in [5.74, 6) is -0.601. The molecule has 1 heterocycles. The molecule has 18 heavy (non-hydrogen) atoms. The maximum absolute atomic E-state index is 13.1. The zero-order valence-corrected chi connectivity index (χ0v) is 9.08. The van der Waals surface area contributed by atoms with Crippen LogP contribution in [0.3, 0.4) is 0 Å². The lowest BCUT2D eigenvalue weighted by Crippen LogP contribution is -2.04. The van der Waals surface area contributed by atoms with Gasteiger partial charge in [-0.05, 0) is 17.7 Å². The van der Waals surface area contributed by atoms with Crippen molar-refractivity contribution in [3.8, 4) is 0 Å². The molecule has 0 aliphatic heterocycles. The molecule has 7 heteroatoms. The van der Waals surface area contributed by atoms with Crippen molar-refractivity contribution in [1.29, 1.82) is 0 Å². The first kappa shape index (κ1) is 12.4. The molecule has 0 atom stereocenters. The highest BCUT2D eigenvalue weighted by atomic mass is 19.4. The van der Waals surface area contributed by atoms with Crippen molar-refractivity contribution in [3.63, 3.8) is 0 Å². The Morgan fingerprint density at radius 3 is 2.56 bits per heavy atom. The van der Waals surface area contributed by atoms with E-state index in [1.807, 2.05) is 0 Å². The summed E-state index contributed by atoms with van der Waals surface area (Å²) in [5, 5.41) is 3.57. The highest BCUT2D eigenvalue weighted by Gasteiger charge is 2.32. The van der Waals surface area contributed by atoms with Gasteiger partial charge in [0.1, 0.15) is 5.82 Å². The van der Waals surface area contributed by atoms with Crippen LogP contribution in [0.4, 0.5) is 23.2 Å². The van der Waals surface area contributed by atoms with E-state index in [9.17, 15) is 17.6 Å². The molecule has 3 nitrogen and oxygen atoms in total. The van der Waals surface area contributed by atoms with E-state index in [0.717, 1.165) is 17.1 Å². The van der Waals surface area contributed by atoms with Crippen LogP contribution < -0.4 is 5.73 Å². The van der Waals surface area contributed by atoms with Gasteiger partial charge in [-0.15, -0.1) is 0 Å². The average molecular weight is 259 g/mol. The Bertz CT molecular complexity index is 560. The molecule has 0 saturated carbocycles. The summed E-state index contributed by atoms with van der Waals surface area (Å²) in [4.78, 5) is 0. The highest BCUT2D eigenvalue weighted by Crippen LogP contribution is 2.28. The van der Waals surface area contributed by atoms with Crippen LogP contribution in [0.1, 0.15) is 11.1 Å². The Hall–Kier alpha value is -2.05.